The molecule has 0 aliphatic carbocycles. The molecule has 1 aromatic heterocycles. The Labute approximate surface area is 99.4 Å². The van der Waals surface area contributed by atoms with Crippen molar-refractivity contribution in [1.82, 2.24) is 4.98 Å². The van der Waals surface area contributed by atoms with Crippen LogP contribution >= 0.6 is 0 Å². The van der Waals surface area contributed by atoms with Gasteiger partial charge < -0.3 is 5.32 Å². The zero-order valence-electron chi connectivity index (χ0n) is 8.87. The molecule has 0 aliphatic heterocycles. The molecule has 2 rings (SSSR count). The first-order valence-corrected chi connectivity index (χ1v) is 6.42. The van der Waals surface area contributed by atoms with Crippen LogP contribution in [0.25, 0.3) is 0 Å². The number of primary sulfonamides is 1. The first-order valence-electron chi connectivity index (χ1n) is 4.87. The molecular weight excluding hydrogens is 238 g/mol. The molecule has 0 bridgehead atoms. The van der Waals surface area contributed by atoms with Gasteiger partial charge in [0.15, 0.2) is 5.03 Å². The van der Waals surface area contributed by atoms with Gasteiger partial charge in [-0.05, 0) is 24.3 Å². The Morgan fingerprint density at radius 1 is 1.06 bits per heavy atom. The Hall–Kier alpha value is -1.92. The maximum atomic E-state index is 11.3. The minimum Gasteiger partial charge on any atom is -0.353 e. The second kappa shape index (κ2) is 4.52. The van der Waals surface area contributed by atoms with Crippen molar-refractivity contribution < 1.29 is 8.42 Å². The second-order valence-electron chi connectivity index (χ2n) is 3.39. The maximum absolute atomic E-state index is 11.3. The molecule has 0 saturated carbocycles. The lowest BCUT2D eigenvalue weighted by molar-refractivity contribution is 0.594. The summed E-state index contributed by atoms with van der Waals surface area (Å²) in [6.45, 7) is 0. The summed E-state index contributed by atoms with van der Waals surface area (Å²) in [5, 5.41) is 7.88. The van der Waals surface area contributed by atoms with E-state index < -0.39 is 10.0 Å². The number of nitrogens with zero attached hydrogens (tertiary/aromatic N) is 1. The van der Waals surface area contributed by atoms with Crippen LogP contribution < -0.4 is 10.5 Å². The molecule has 0 radical (unpaired) electrons. The number of para-hydroxylation sites is 1. The minimum absolute atomic E-state index is 0.163. The maximum Gasteiger partial charge on any atom is 0.257 e. The van der Waals surface area contributed by atoms with Gasteiger partial charge in [-0.3, -0.25) is 0 Å². The molecule has 0 amide bonds. The number of nitrogens with two attached hydrogens (primary N) is 1. The summed E-state index contributed by atoms with van der Waals surface area (Å²) in [4.78, 5) is 3.77. The zero-order chi connectivity index (χ0) is 12.3. The van der Waals surface area contributed by atoms with Gasteiger partial charge in [0, 0.05) is 11.9 Å². The number of hydrogen-bond acceptors (Lipinski definition) is 4. The molecule has 0 spiro atoms. The van der Waals surface area contributed by atoms with Gasteiger partial charge in [0.05, 0.1) is 5.69 Å². The van der Waals surface area contributed by atoms with Crippen LogP contribution in [0.3, 0.4) is 0 Å². The summed E-state index contributed by atoms with van der Waals surface area (Å²) >= 11 is 0. The Morgan fingerprint density at radius 2 is 1.76 bits per heavy atom. The quantitative estimate of drug-likeness (QED) is 0.862. The van der Waals surface area contributed by atoms with Crippen molar-refractivity contribution in [2.45, 2.75) is 5.03 Å². The average Bonchev–Trinajstić information content (AvgIpc) is 2.30. The van der Waals surface area contributed by atoms with Crippen LogP contribution in [0.4, 0.5) is 11.4 Å². The molecule has 1 heterocycles. The number of anilines is 2. The van der Waals surface area contributed by atoms with E-state index in [2.05, 4.69) is 10.3 Å². The smallest absolute Gasteiger partial charge is 0.257 e. The Kier molecular flexibility index (Phi) is 3.08. The average molecular weight is 249 g/mol. The van der Waals surface area contributed by atoms with E-state index in [-0.39, 0.29) is 5.03 Å². The summed E-state index contributed by atoms with van der Waals surface area (Å²) in [5.41, 5.74) is 1.13. The predicted octanol–water partition coefficient (Wildman–Crippen LogP) is 1.47. The molecule has 0 saturated heterocycles. The fraction of sp³-hybridized carbons (Fsp3) is 0. The van der Waals surface area contributed by atoms with Gasteiger partial charge in [0.25, 0.3) is 10.0 Å². The normalized spacial score (nSPS) is 11.1. The molecular formula is C11H11N3O2S. The number of pyridine rings is 1. The number of hydrogen-bond donors (Lipinski definition) is 2. The van der Waals surface area contributed by atoms with Crippen molar-refractivity contribution in [3.05, 3.63) is 48.7 Å². The summed E-state index contributed by atoms with van der Waals surface area (Å²) in [5.74, 6) is 0. The van der Waals surface area contributed by atoms with Crippen LogP contribution in [0.15, 0.2) is 53.7 Å². The van der Waals surface area contributed by atoms with E-state index in [1.165, 1.54) is 6.20 Å². The van der Waals surface area contributed by atoms with E-state index >= 15 is 0 Å². The van der Waals surface area contributed by atoms with E-state index in [0.717, 1.165) is 5.69 Å². The zero-order valence-corrected chi connectivity index (χ0v) is 9.68. The third-order valence-electron chi connectivity index (χ3n) is 2.09. The molecule has 88 valence electrons. The summed E-state index contributed by atoms with van der Waals surface area (Å²) < 4.78 is 22.6. The Balaban J connectivity index is 2.41. The highest BCUT2D eigenvalue weighted by Crippen LogP contribution is 2.21. The van der Waals surface area contributed by atoms with E-state index in [4.69, 9.17) is 5.14 Å². The number of benzene rings is 1. The van der Waals surface area contributed by atoms with Crippen molar-refractivity contribution in [1.29, 1.82) is 0 Å². The van der Waals surface area contributed by atoms with Crippen LogP contribution in [-0.4, -0.2) is 13.4 Å². The van der Waals surface area contributed by atoms with Crippen molar-refractivity contribution in [3.63, 3.8) is 0 Å². The van der Waals surface area contributed by atoms with Crippen LogP contribution in [0.5, 0.6) is 0 Å². The standard InChI is InChI=1S/C11H11N3O2S/c12-17(15,16)11-10(7-4-8-13-11)14-9-5-2-1-3-6-9/h1-8,14H,(H2,12,15,16). The molecule has 0 unspecified atom stereocenters. The number of aromatic nitrogens is 1. The van der Waals surface area contributed by atoms with Gasteiger partial charge >= 0.3 is 0 Å². The van der Waals surface area contributed by atoms with E-state index in [0.29, 0.717) is 5.69 Å². The van der Waals surface area contributed by atoms with Crippen molar-refractivity contribution in [2.75, 3.05) is 5.32 Å². The van der Waals surface area contributed by atoms with E-state index in [9.17, 15) is 8.42 Å². The lowest BCUT2D eigenvalue weighted by Crippen LogP contribution is -2.15. The van der Waals surface area contributed by atoms with Gasteiger partial charge in [-0.25, -0.2) is 18.5 Å². The largest absolute Gasteiger partial charge is 0.353 e. The topological polar surface area (TPSA) is 85.1 Å². The highest BCUT2D eigenvalue weighted by Gasteiger charge is 2.14. The lowest BCUT2D eigenvalue weighted by Gasteiger charge is -2.09. The van der Waals surface area contributed by atoms with Crippen LogP contribution in [-0.2, 0) is 10.0 Å². The third kappa shape index (κ3) is 2.80. The van der Waals surface area contributed by atoms with Crippen LogP contribution in [0, 0.1) is 0 Å². The Bertz CT molecular complexity index is 612. The molecule has 5 nitrogen and oxygen atoms in total. The first kappa shape index (κ1) is 11.6. The molecule has 0 atom stereocenters. The highest BCUT2D eigenvalue weighted by molar-refractivity contribution is 7.89. The molecule has 17 heavy (non-hydrogen) atoms. The molecule has 0 aliphatic rings. The van der Waals surface area contributed by atoms with Crippen molar-refractivity contribution >= 4 is 21.4 Å². The van der Waals surface area contributed by atoms with E-state index in [1.807, 2.05) is 30.3 Å². The van der Waals surface area contributed by atoms with Gasteiger partial charge in [0.1, 0.15) is 0 Å². The molecule has 2 aromatic rings. The first-order chi connectivity index (χ1) is 8.07. The summed E-state index contributed by atoms with van der Waals surface area (Å²) in [6.07, 6.45) is 1.38. The van der Waals surface area contributed by atoms with E-state index in [1.54, 1.807) is 12.1 Å². The van der Waals surface area contributed by atoms with Gasteiger partial charge in [-0.1, -0.05) is 18.2 Å². The number of sulfonamides is 1. The van der Waals surface area contributed by atoms with Crippen molar-refractivity contribution in [3.8, 4) is 0 Å². The summed E-state index contributed by atoms with van der Waals surface area (Å²) in [7, 11) is -3.83. The van der Waals surface area contributed by atoms with Crippen LogP contribution in [0.1, 0.15) is 0 Å². The monoisotopic (exact) mass is 249 g/mol. The van der Waals surface area contributed by atoms with Gasteiger partial charge in [0.2, 0.25) is 0 Å². The molecule has 6 heteroatoms. The van der Waals surface area contributed by atoms with Gasteiger partial charge in [-0.15, -0.1) is 0 Å². The number of nitrogens with one attached hydrogen (secondary N) is 1. The number of rotatable bonds is 3. The summed E-state index contributed by atoms with van der Waals surface area (Å²) in [6, 6.07) is 12.4. The molecule has 3 N–H and O–H groups in total. The fourth-order valence-electron chi connectivity index (χ4n) is 1.39. The third-order valence-corrected chi connectivity index (χ3v) is 2.96. The second-order valence-corrected chi connectivity index (χ2v) is 4.87. The molecule has 1 aromatic carbocycles. The predicted molar refractivity (Wildman–Crippen MR) is 65.3 cm³/mol. The minimum atomic E-state index is -3.83. The Morgan fingerprint density at radius 3 is 2.41 bits per heavy atom. The highest BCUT2D eigenvalue weighted by atomic mass is 32.2. The SMILES string of the molecule is NS(=O)(=O)c1ncccc1Nc1ccccc1. The fourth-order valence-corrected chi connectivity index (χ4v) is 2.02. The van der Waals surface area contributed by atoms with Crippen molar-refractivity contribution in [2.24, 2.45) is 5.14 Å². The molecule has 0 fully saturated rings. The lowest BCUT2D eigenvalue weighted by atomic mass is 10.3. The van der Waals surface area contributed by atoms with Gasteiger partial charge in [-0.2, -0.15) is 0 Å². The van der Waals surface area contributed by atoms with Crippen LogP contribution in [0.2, 0.25) is 0 Å².